The molecular weight excluding hydrogens is 452 g/mol. The first-order valence-electron chi connectivity index (χ1n) is 7.83. The molecule has 1 aromatic carbocycles. The standard InChI is InChI=1S/C18H18Br2N2O3/c1-9-15(18(23)24)21-17-14(20)8-13(19)10(2)22(17)16(9)11-4-6-12(25-3)7-5-11/h4-9,15-16H,1-3H3,(H,23,24). The number of halogens is 2. The Labute approximate surface area is 163 Å². The number of hydrogen-bond donors (Lipinski definition) is 1. The predicted molar refractivity (Wildman–Crippen MR) is 104 cm³/mol. The molecule has 0 aromatic heterocycles. The average molecular weight is 470 g/mol. The maximum absolute atomic E-state index is 11.8. The second kappa shape index (κ2) is 6.96. The van der Waals surface area contributed by atoms with Crippen LogP contribution < -0.4 is 4.74 Å². The van der Waals surface area contributed by atoms with Crippen LogP contribution >= 0.6 is 31.9 Å². The van der Waals surface area contributed by atoms with Gasteiger partial charge in [0.05, 0.1) is 17.6 Å². The highest BCUT2D eigenvalue weighted by molar-refractivity contribution is 9.12. The van der Waals surface area contributed by atoms with Crippen molar-refractivity contribution >= 4 is 43.7 Å². The molecule has 3 unspecified atom stereocenters. The van der Waals surface area contributed by atoms with Crippen LogP contribution in [0, 0.1) is 5.92 Å². The monoisotopic (exact) mass is 468 g/mol. The Hall–Kier alpha value is -1.60. The largest absolute Gasteiger partial charge is 0.497 e. The first-order valence-corrected chi connectivity index (χ1v) is 9.41. The molecule has 5 nitrogen and oxygen atoms in total. The van der Waals surface area contributed by atoms with E-state index in [0.29, 0.717) is 5.84 Å². The molecule has 0 amide bonds. The van der Waals surface area contributed by atoms with E-state index in [0.717, 1.165) is 26.0 Å². The molecule has 0 saturated heterocycles. The highest BCUT2D eigenvalue weighted by Gasteiger charge is 2.43. The average Bonchev–Trinajstić information content (AvgIpc) is 2.59. The number of carbonyl (C=O) groups is 1. The fraction of sp³-hybridized carbons (Fsp3) is 0.333. The van der Waals surface area contributed by atoms with E-state index >= 15 is 0 Å². The molecular formula is C18H18Br2N2O3. The zero-order chi connectivity index (χ0) is 18.3. The summed E-state index contributed by atoms with van der Waals surface area (Å²) in [6, 6.07) is 6.81. The Balaban J connectivity index is 2.16. The molecule has 1 aromatic rings. The number of aliphatic imine (C=N–C) groups is 1. The summed E-state index contributed by atoms with van der Waals surface area (Å²) in [4.78, 5) is 18.4. The Morgan fingerprint density at radius 2 is 1.92 bits per heavy atom. The van der Waals surface area contributed by atoms with Gasteiger partial charge in [-0.2, -0.15) is 0 Å². The lowest BCUT2D eigenvalue weighted by Gasteiger charge is -2.45. The van der Waals surface area contributed by atoms with Crippen molar-refractivity contribution in [3.05, 3.63) is 50.6 Å². The van der Waals surface area contributed by atoms with Gasteiger partial charge < -0.3 is 14.7 Å². The number of amidine groups is 1. The lowest BCUT2D eigenvalue weighted by molar-refractivity contribution is -0.140. The number of hydrogen-bond acceptors (Lipinski definition) is 4. The second-order valence-electron chi connectivity index (χ2n) is 6.11. The molecule has 0 radical (unpaired) electrons. The molecule has 132 valence electrons. The third-order valence-electron chi connectivity index (χ3n) is 4.65. The maximum Gasteiger partial charge on any atom is 0.328 e. The molecule has 0 bridgehead atoms. The number of carboxylic acid groups (broad SMARTS) is 1. The van der Waals surface area contributed by atoms with Crippen LogP contribution in [0.5, 0.6) is 5.75 Å². The first kappa shape index (κ1) is 18.2. The van der Waals surface area contributed by atoms with Gasteiger partial charge in [-0.1, -0.05) is 19.1 Å². The van der Waals surface area contributed by atoms with Crippen LogP contribution in [-0.4, -0.2) is 35.0 Å². The quantitative estimate of drug-likeness (QED) is 0.709. The smallest absolute Gasteiger partial charge is 0.328 e. The normalized spacial score (nSPS) is 26.0. The van der Waals surface area contributed by atoms with Gasteiger partial charge in [-0.05, 0) is 62.6 Å². The molecule has 0 aliphatic carbocycles. The van der Waals surface area contributed by atoms with E-state index in [1.54, 1.807) is 7.11 Å². The summed E-state index contributed by atoms with van der Waals surface area (Å²) in [7, 11) is 1.63. The Morgan fingerprint density at radius 1 is 1.28 bits per heavy atom. The van der Waals surface area contributed by atoms with E-state index < -0.39 is 12.0 Å². The van der Waals surface area contributed by atoms with Crippen LogP contribution in [0.4, 0.5) is 0 Å². The van der Waals surface area contributed by atoms with Crippen molar-refractivity contribution in [1.29, 1.82) is 0 Å². The Morgan fingerprint density at radius 3 is 2.48 bits per heavy atom. The summed E-state index contributed by atoms with van der Waals surface area (Å²) in [5.41, 5.74) is 2.02. The lowest BCUT2D eigenvalue weighted by atomic mass is 9.84. The Kier molecular flexibility index (Phi) is 5.06. The molecule has 25 heavy (non-hydrogen) atoms. The van der Waals surface area contributed by atoms with Crippen molar-refractivity contribution < 1.29 is 14.6 Å². The molecule has 2 heterocycles. The van der Waals surface area contributed by atoms with Gasteiger partial charge in [0, 0.05) is 16.1 Å². The lowest BCUT2D eigenvalue weighted by Crippen LogP contribution is -2.48. The maximum atomic E-state index is 11.8. The molecule has 2 aliphatic rings. The number of ether oxygens (including phenoxy) is 1. The summed E-state index contributed by atoms with van der Waals surface area (Å²) in [5.74, 6) is 0.295. The van der Waals surface area contributed by atoms with E-state index in [4.69, 9.17) is 4.74 Å². The number of methoxy groups -OCH3 is 1. The summed E-state index contributed by atoms with van der Waals surface area (Å²) < 4.78 is 6.95. The van der Waals surface area contributed by atoms with Crippen LogP contribution in [-0.2, 0) is 4.79 Å². The minimum absolute atomic E-state index is 0.145. The number of benzene rings is 1. The third-order valence-corrected chi connectivity index (χ3v) is 6.03. The van der Waals surface area contributed by atoms with E-state index in [1.807, 2.05) is 44.2 Å². The molecule has 0 saturated carbocycles. The van der Waals surface area contributed by atoms with E-state index in [-0.39, 0.29) is 12.0 Å². The molecule has 0 fully saturated rings. The van der Waals surface area contributed by atoms with Gasteiger partial charge >= 0.3 is 5.97 Å². The van der Waals surface area contributed by atoms with Crippen molar-refractivity contribution in [2.24, 2.45) is 10.9 Å². The topological polar surface area (TPSA) is 62.1 Å². The summed E-state index contributed by atoms with van der Waals surface area (Å²) in [6.45, 7) is 3.93. The summed E-state index contributed by atoms with van der Waals surface area (Å²) in [5, 5.41) is 9.65. The van der Waals surface area contributed by atoms with Gasteiger partial charge in [-0.25, -0.2) is 4.79 Å². The third kappa shape index (κ3) is 3.15. The Bertz CT molecular complexity index is 799. The molecule has 1 N–H and O–H groups in total. The van der Waals surface area contributed by atoms with Gasteiger partial charge in [0.25, 0.3) is 0 Å². The van der Waals surface area contributed by atoms with Crippen molar-refractivity contribution in [2.45, 2.75) is 25.9 Å². The van der Waals surface area contributed by atoms with Gasteiger partial charge in [-0.3, -0.25) is 4.99 Å². The fourth-order valence-electron chi connectivity index (χ4n) is 3.32. The first-order chi connectivity index (χ1) is 11.8. The van der Waals surface area contributed by atoms with E-state index in [9.17, 15) is 9.90 Å². The minimum atomic E-state index is -0.912. The van der Waals surface area contributed by atoms with Gasteiger partial charge in [0.15, 0.2) is 6.04 Å². The number of fused-ring (bicyclic) bond motifs is 1. The van der Waals surface area contributed by atoms with Crippen LogP contribution in [0.3, 0.4) is 0 Å². The molecule has 0 spiro atoms. The molecule has 3 rings (SSSR count). The van der Waals surface area contributed by atoms with E-state index in [2.05, 4.69) is 41.8 Å². The molecule has 2 aliphatic heterocycles. The minimum Gasteiger partial charge on any atom is -0.497 e. The van der Waals surface area contributed by atoms with Crippen LogP contribution in [0.25, 0.3) is 0 Å². The van der Waals surface area contributed by atoms with Gasteiger partial charge in [0.2, 0.25) is 0 Å². The number of rotatable bonds is 3. The zero-order valence-electron chi connectivity index (χ0n) is 14.0. The summed E-state index contributed by atoms with van der Waals surface area (Å²) in [6.07, 6.45) is 1.91. The number of aliphatic carboxylic acids is 1. The van der Waals surface area contributed by atoms with Gasteiger partial charge in [0.1, 0.15) is 11.6 Å². The summed E-state index contributed by atoms with van der Waals surface area (Å²) >= 11 is 7.11. The van der Waals surface area contributed by atoms with Crippen molar-refractivity contribution in [3.63, 3.8) is 0 Å². The van der Waals surface area contributed by atoms with Crippen molar-refractivity contribution in [2.75, 3.05) is 7.11 Å². The zero-order valence-corrected chi connectivity index (χ0v) is 17.2. The fourth-order valence-corrected chi connectivity index (χ4v) is 4.57. The second-order valence-corrected chi connectivity index (χ2v) is 7.82. The number of nitrogens with zero attached hydrogens (tertiary/aromatic N) is 2. The van der Waals surface area contributed by atoms with E-state index in [1.165, 1.54) is 0 Å². The van der Waals surface area contributed by atoms with Crippen molar-refractivity contribution in [1.82, 2.24) is 4.90 Å². The van der Waals surface area contributed by atoms with Gasteiger partial charge in [-0.15, -0.1) is 0 Å². The van der Waals surface area contributed by atoms with Crippen LogP contribution in [0.2, 0.25) is 0 Å². The molecule has 3 atom stereocenters. The SMILES string of the molecule is COc1ccc(C2C(C)C(C(=O)O)N=C3C(Br)=CC(Br)=C(C)N32)cc1. The van der Waals surface area contributed by atoms with Crippen LogP contribution in [0.1, 0.15) is 25.5 Å². The number of allylic oxidation sites excluding steroid dienone is 3. The highest BCUT2D eigenvalue weighted by atomic mass is 79.9. The van der Waals surface area contributed by atoms with Crippen LogP contribution in [0.15, 0.2) is 50.0 Å². The predicted octanol–water partition coefficient (Wildman–Crippen LogP) is 4.46. The highest BCUT2D eigenvalue weighted by Crippen LogP contribution is 2.44. The number of carboxylic acids is 1. The van der Waals surface area contributed by atoms with Crippen molar-refractivity contribution in [3.8, 4) is 5.75 Å². The molecule has 7 heteroatoms.